The van der Waals surface area contributed by atoms with E-state index in [1.54, 1.807) is 20.1 Å². The van der Waals surface area contributed by atoms with Gasteiger partial charge >= 0.3 is 0 Å². The number of carbonyl (C=O) groups excluding carboxylic acids is 1. The molecular formula is C26H29NO3. The monoisotopic (exact) mass is 403 g/mol. The molecule has 0 atom stereocenters. The minimum absolute atomic E-state index is 0.0182. The Morgan fingerprint density at radius 1 is 0.967 bits per heavy atom. The summed E-state index contributed by atoms with van der Waals surface area (Å²) in [6.45, 7) is 3.00. The molecule has 4 nitrogen and oxygen atoms in total. The number of Topliss-reactive ketones (excluding diaryl/α,β-unsaturated/α-hetero) is 1. The van der Waals surface area contributed by atoms with Crippen LogP contribution in [0.15, 0.2) is 78.9 Å². The number of rotatable bonds is 10. The Bertz CT molecular complexity index is 902. The van der Waals surface area contributed by atoms with Crippen molar-refractivity contribution in [2.24, 2.45) is 0 Å². The lowest BCUT2D eigenvalue weighted by molar-refractivity contribution is 0.101. The predicted molar refractivity (Wildman–Crippen MR) is 120 cm³/mol. The number of methoxy groups -OCH3 is 1. The smallest absolute Gasteiger partial charge is 0.159 e. The van der Waals surface area contributed by atoms with E-state index in [1.165, 1.54) is 11.1 Å². The molecule has 3 aromatic rings. The van der Waals surface area contributed by atoms with Crippen molar-refractivity contribution in [2.45, 2.75) is 25.9 Å². The van der Waals surface area contributed by atoms with Gasteiger partial charge in [-0.05, 0) is 42.7 Å². The van der Waals surface area contributed by atoms with Gasteiger partial charge < -0.3 is 9.84 Å². The SMILES string of the molecule is COc1ccc(C(C)=O)cc1CN(CCCO)C(c1ccccc1)c1ccccc1. The Balaban J connectivity index is 2.05. The van der Waals surface area contributed by atoms with Crippen molar-refractivity contribution in [2.75, 3.05) is 20.3 Å². The molecule has 3 aromatic carbocycles. The summed E-state index contributed by atoms with van der Waals surface area (Å²) in [5.74, 6) is 0.789. The fraction of sp³-hybridized carbons (Fsp3) is 0.269. The Morgan fingerprint density at radius 2 is 1.57 bits per heavy atom. The predicted octanol–water partition coefficient (Wildman–Crippen LogP) is 4.87. The first kappa shape index (κ1) is 21.8. The molecule has 0 spiro atoms. The van der Waals surface area contributed by atoms with Crippen LogP contribution in [0, 0.1) is 0 Å². The first-order valence-corrected chi connectivity index (χ1v) is 10.3. The summed E-state index contributed by atoms with van der Waals surface area (Å²) in [7, 11) is 1.65. The van der Waals surface area contributed by atoms with Crippen LogP contribution < -0.4 is 4.74 Å². The number of carbonyl (C=O) groups is 1. The van der Waals surface area contributed by atoms with Gasteiger partial charge in [0, 0.05) is 30.8 Å². The van der Waals surface area contributed by atoms with Crippen LogP contribution in [0.2, 0.25) is 0 Å². The Morgan fingerprint density at radius 3 is 2.07 bits per heavy atom. The van der Waals surface area contributed by atoms with Crippen LogP contribution in [0.1, 0.15) is 46.4 Å². The second-order valence-corrected chi connectivity index (χ2v) is 7.35. The normalized spacial score (nSPS) is 11.1. The van der Waals surface area contributed by atoms with Crippen molar-refractivity contribution in [3.8, 4) is 5.75 Å². The maximum Gasteiger partial charge on any atom is 0.159 e. The molecule has 0 saturated heterocycles. The lowest BCUT2D eigenvalue weighted by atomic mass is 9.96. The number of hydrogen-bond donors (Lipinski definition) is 1. The van der Waals surface area contributed by atoms with Crippen molar-refractivity contribution < 1.29 is 14.6 Å². The molecule has 0 heterocycles. The van der Waals surface area contributed by atoms with Crippen LogP contribution in [-0.4, -0.2) is 36.1 Å². The van der Waals surface area contributed by atoms with Crippen LogP contribution in [0.25, 0.3) is 0 Å². The average molecular weight is 404 g/mol. The highest BCUT2D eigenvalue weighted by atomic mass is 16.5. The van der Waals surface area contributed by atoms with Crippen molar-refractivity contribution in [1.29, 1.82) is 0 Å². The summed E-state index contributed by atoms with van der Waals surface area (Å²) < 4.78 is 5.59. The molecule has 0 amide bonds. The van der Waals surface area contributed by atoms with Gasteiger partial charge in [-0.25, -0.2) is 0 Å². The van der Waals surface area contributed by atoms with Gasteiger partial charge in [0.05, 0.1) is 13.2 Å². The molecule has 1 N–H and O–H groups in total. The van der Waals surface area contributed by atoms with E-state index in [0.717, 1.165) is 11.3 Å². The van der Waals surface area contributed by atoms with E-state index in [-0.39, 0.29) is 18.4 Å². The molecule has 0 aliphatic rings. The molecule has 0 unspecified atom stereocenters. The van der Waals surface area contributed by atoms with E-state index < -0.39 is 0 Å². The lowest BCUT2D eigenvalue weighted by Crippen LogP contribution is -2.31. The van der Waals surface area contributed by atoms with Gasteiger partial charge in [0.1, 0.15) is 5.75 Å². The third-order valence-electron chi connectivity index (χ3n) is 5.26. The molecule has 0 aliphatic carbocycles. The Hall–Kier alpha value is -2.95. The zero-order valence-electron chi connectivity index (χ0n) is 17.6. The van der Waals surface area contributed by atoms with E-state index in [2.05, 4.69) is 29.2 Å². The van der Waals surface area contributed by atoms with Crippen LogP contribution in [0.3, 0.4) is 0 Å². The molecular weight excluding hydrogens is 374 g/mol. The topological polar surface area (TPSA) is 49.8 Å². The van der Waals surface area contributed by atoms with Crippen LogP contribution in [0.5, 0.6) is 5.75 Å². The van der Waals surface area contributed by atoms with Gasteiger partial charge in [-0.1, -0.05) is 60.7 Å². The second-order valence-electron chi connectivity index (χ2n) is 7.35. The van der Waals surface area contributed by atoms with Crippen molar-refractivity contribution in [1.82, 2.24) is 4.90 Å². The van der Waals surface area contributed by atoms with Gasteiger partial charge in [-0.2, -0.15) is 0 Å². The standard InChI is InChI=1S/C26H29NO3/c1-20(29)23-14-15-25(30-2)24(18-23)19-27(16-9-17-28)26(21-10-5-3-6-11-21)22-12-7-4-8-13-22/h3-8,10-15,18,26,28H,9,16-17,19H2,1-2H3. The molecule has 0 radical (unpaired) electrons. The maximum absolute atomic E-state index is 11.9. The van der Waals surface area contributed by atoms with Crippen LogP contribution in [-0.2, 0) is 6.54 Å². The van der Waals surface area contributed by atoms with Gasteiger partial charge in [0.25, 0.3) is 0 Å². The van der Waals surface area contributed by atoms with Crippen LogP contribution in [0.4, 0.5) is 0 Å². The second kappa shape index (κ2) is 10.7. The molecule has 0 fully saturated rings. The molecule has 3 rings (SSSR count). The first-order chi connectivity index (χ1) is 14.6. The van der Waals surface area contributed by atoms with Gasteiger partial charge in [0.15, 0.2) is 5.78 Å². The highest BCUT2D eigenvalue weighted by Gasteiger charge is 2.23. The minimum atomic E-state index is 0.0182. The number of aliphatic hydroxyl groups is 1. The number of ether oxygens (including phenoxy) is 1. The maximum atomic E-state index is 11.9. The van der Waals surface area contributed by atoms with E-state index in [4.69, 9.17) is 4.74 Å². The molecule has 0 saturated carbocycles. The lowest BCUT2D eigenvalue weighted by Gasteiger charge is -2.33. The van der Waals surface area contributed by atoms with Crippen LogP contribution >= 0.6 is 0 Å². The number of aliphatic hydroxyl groups excluding tert-OH is 1. The summed E-state index contributed by atoms with van der Waals surface area (Å²) in [6, 6.07) is 26.3. The van der Waals surface area contributed by atoms with Gasteiger partial charge in [0.2, 0.25) is 0 Å². The summed E-state index contributed by atoms with van der Waals surface area (Å²) in [5.41, 5.74) is 4.00. The number of benzene rings is 3. The third-order valence-corrected chi connectivity index (χ3v) is 5.26. The highest BCUT2D eigenvalue weighted by Crippen LogP contribution is 2.32. The largest absolute Gasteiger partial charge is 0.496 e. The summed E-state index contributed by atoms with van der Waals surface area (Å²) >= 11 is 0. The fourth-order valence-electron chi connectivity index (χ4n) is 3.80. The number of ketones is 1. The number of hydrogen-bond acceptors (Lipinski definition) is 4. The molecule has 0 bridgehead atoms. The minimum Gasteiger partial charge on any atom is -0.496 e. The third kappa shape index (κ3) is 5.35. The average Bonchev–Trinajstić information content (AvgIpc) is 2.79. The summed E-state index contributed by atoms with van der Waals surface area (Å²) in [4.78, 5) is 14.3. The van der Waals surface area contributed by atoms with E-state index in [1.807, 2.05) is 48.5 Å². The zero-order chi connectivity index (χ0) is 21.3. The Labute approximate surface area is 178 Å². The van der Waals surface area contributed by atoms with E-state index in [9.17, 15) is 9.90 Å². The van der Waals surface area contributed by atoms with E-state index >= 15 is 0 Å². The first-order valence-electron chi connectivity index (χ1n) is 10.3. The van der Waals surface area contributed by atoms with E-state index in [0.29, 0.717) is 25.1 Å². The van der Waals surface area contributed by atoms with Gasteiger partial charge in [-0.15, -0.1) is 0 Å². The highest BCUT2D eigenvalue weighted by molar-refractivity contribution is 5.94. The molecule has 30 heavy (non-hydrogen) atoms. The number of nitrogens with zero attached hydrogens (tertiary/aromatic N) is 1. The molecule has 0 aliphatic heterocycles. The molecule has 4 heteroatoms. The summed E-state index contributed by atoms with van der Waals surface area (Å²) in [5, 5.41) is 9.53. The van der Waals surface area contributed by atoms with Gasteiger partial charge in [-0.3, -0.25) is 9.69 Å². The fourth-order valence-corrected chi connectivity index (χ4v) is 3.80. The molecule has 156 valence electrons. The summed E-state index contributed by atoms with van der Waals surface area (Å²) in [6.07, 6.45) is 0.658. The zero-order valence-corrected chi connectivity index (χ0v) is 17.6. The van der Waals surface area contributed by atoms with Crippen molar-refractivity contribution in [3.63, 3.8) is 0 Å². The van der Waals surface area contributed by atoms with Crippen molar-refractivity contribution in [3.05, 3.63) is 101 Å². The molecule has 0 aromatic heterocycles. The quantitative estimate of drug-likeness (QED) is 0.491. The Kier molecular flexibility index (Phi) is 7.77. The van der Waals surface area contributed by atoms with Crippen molar-refractivity contribution >= 4 is 5.78 Å².